The summed E-state index contributed by atoms with van der Waals surface area (Å²) >= 11 is 0. The van der Waals surface area contributed by atoms with Crippen LogP contribution < -0.4 is 5.32 Å². The van der Waals surface area contributed by atoms with Crippen LogP contribution in [0.15, 0.2) is 36.5 Å². The van der Waals surface area contributed by atoms with E-state index in [1.165, 1.54) is 32.1 Å². The van der Waals surface area contributed by atoms with Gasteiger partial charge in [-0.05, 0) is 31.4 Å². The van der Waals surface area contributed by atoms with Gasteiger partial charge in [-0.2, -0.15) is 0 Å². The van der Waals surface area contributed by atoms with E-state index in [0.29, 0.717) is 0 Å². The first-order chi connectivity index (χ1) is 9.83. The van der Waals surface area contributed by atoms with E-state index in [9.17, 15) is 0 Å². The monoisotopic (exact) mass is 269 g/mol. The van der Waals surface area contributed by atoms with Crippen molar-refractivity contribution in [3.63, 3.8) is 0 Å². The molecule has 3 nitrogen and oxygen atoms in total. The zero-order valence-electron chi connectivity index (χ0n) is 12.2. The summed E-state index contributed by atoms with van der Waals surface area (Å²) in [6.45, 7) is 3.07. The molecule has 1 aromatic heterocycles. The summed E-state index contributed by atoms with van der Waals surface area (Å²) in [6.07, 6.45) is 9.01. The van der Waals surface area contributed by atoms with E-state index >= 15 is 0 Å². The molecule has 0 aliphatic heterocycles. The largest absolute Gasteiger partial charge is 0.355 e. The average molecular weight is 269 g/mol. The van der Waals surface area contributed by atoms with E-state index in [2.05, 4.69) is 45.3 Å². The number of aromatic nitrogens is 2. The Hall–Kier alpha value is -1.77. The highest BCUT2D eigenvalue weighted by molar-refractivity contribution is 5.42. The topological polar surface area (TPSA) is 29.9 Å². The first-order valence-corrected chi connectivity index (χ1v) is 7.68. The minimum atomic E-state index is 0.920. The Morgan fingerprint density at radius 2 is 1.95 bits per heavy atom. The Kier molecular flexibility index (Phi) is 4.05. The number of aryl methyl sites for hydroxylation is 1. The summed E-state index contributed by atoms with van der Waals surface area (Å²) < 4.78 is 2.14. The molecular formula is C17H23N3. The van der Waals surface area contributed by atoms with Gasteiger partial charge in [-0.1, -0.05) is 43.9 Å². The van der Waals surface area contributed by atoms with Gasteiger partial charge in [0.2, 0.25) is 5.95 Å². The van der Waals surface area contributed by atoms with Gasteiger partial charge in [0.05, 0.1) is 5.69 Å². The minimum absolute atomic E-state index is 0.920. The number of nitrogens with one attached hydrogen (secondary N) is 1. The quantitative estimate of drug-likeness (QED) is 0.882. The van der Waals surface area contributed by atoms with E-state index < -0.39 is 0 Å². The fourth-order valence-corrected chi connectivity index (χ4v) is 3.10. The number of hydrogen-bond donors (Lipinski definition) is 1. The van der Waals surface area contributed by atoms with Crippen molar-refractivity contribution in [3.8, 4) is 5.69 Å². The summed E-state index contributed by atoms with van der Waals surface area (Å²) in [7, 11) is 0. The molecule has 2 aromatic rings. The SMILES string of the molecule is Cc1cn(-c2ccccc2)c(NCCC2CCCC2)n1. The van der Waals surface area contributed by atoms with Crippen LogP contribution in [0.5, 0.6) is 0 Å². The zero-order valence-corrected chi connectivity index (χ0v) is 12.2. The van der Waals surface area contributed by atoms with Crippen LogP contribution >= 0.6 is 0 Å². The molecule has 1 N–H and O–H groups in total. The Balaban J connectivity index is 1.66. The lowest BCUT2D eigenvalue weighted by Crippen LogP contribution is -2.10. The smallest absolute Gasteiger partial charge is 0.207 e. The molecule has 106 valence electrons. The van der Waals surface area contributed by atoms with Crippen molar-refractivity contribution in [2.24, 2.45) is 5.92 Å². The number of anilines is 1. The Morgan fingerprint density at radius 1 is 1.20 bits per heavy atom. The second kappa shape index (κ2) is 6.12. The highest BCUT2D eigenvalue weighted by Gasteiger charge is 2.15. The Labute approximate surface area is 121 Å². The van der Waals surface area contributed by atoms with Gasteiger partial charge < -0.3 is 5.32 Å². The molecular weight excluding hydrogens is 246 g/mol. The molecule has 0 amide bonds. The van der Waals surface area contributed by atoms with Crippen molar-refractivity contribution in [2.45, 2.75) is 39.0 Å². The number of hydrogen-bond acceptors (Lipinski definition) is 2. The van der Waals surface area contributed by atoms with Gasteiger partial charge in [-0.15, -0.1) is 0 Å². The Morgan fingerprint density at radius 3 is 2.70 bits per heavy atom. The summed E-state index contributed by atoms with van der Waals surface area (Å²) in [6, 6.07) is 10.4. The minimum Gasteiger partial charge on any atom is -0.355 e. The van der Waals surface area contributed by atoms with Gasteiger partial charge >= 0.3 is 0 Å². The molecule has 0 bridgehead atoms. The maximum absolute atomic E-state index is 4.60. The molecule has 3 heteroatoms. The first-order valence-electron chi connectivity index (χ1n) is 7.68. The summed E-state index contributed by atoms with van der Waals surface area (Å²) in [5.74, 6) is 1.88. The van der Waals surface area contributed by atoms with Gasteiger partial charge in [-0.3, -0.25) is 4.57 Å². The van der Waals surface area contributed by atoms with Crippen molar-refractivity contribution >= 4 is 5.95 Å². The van der Waals surface area contributed by atoms with Crippen molar-refractivity contribution in [1.82, 2.24) is 9.55 Å². The fourth-order valence-electron chi connectivity index (χ4n) is 3.10. The molecule has 0 unspecified atom stereocenters. The van der Waals surface area contributed by atoms with Crippen LogP contribution in [0.25, 0.3) is 5.69 Å². The van der Waals surface area contributed by atoms with E-state index in [4.69, 9.17) is 0 Å². The summed E-state index contributed by atoms with van der Waals surface area (Å²) in [5, 5.41) is 3.51. The number of imidazole rings is 1. The number of nitrogens with zero attached hydrogens (tertiary/aromatic N) is 2. The van der Waals surface area contributed by atoms with E-state index in [-0.39, 0.29) is 0 Å². The van der Waals surface area contributed by atoms with Crippen LogP contribution in [0.3, 0.4) is 0 Å². The molecule has 0 saturated heterocycles. The predicted octanol–water partition coefficient (Wildman–Crippen LogP) is 4.17. The zero-order chi connectivity index (χ0) is 13.8. The molecule has 1 aliphatic carbocycles. The average Bonchev–Trinajstić information content (AvgIpc) is 3.10. The molecule has 1 aliphatic rings. The van der Waals surface area contributed by atoms with E-state index in [0.717, 1.165) is 29.8 Å². The molecule has 1 saturated carbocycles. The van der Waals surface area contributed by atoms with Crippen molar-refractivity contribution in [2.75, 3.05) is 11.9 Å². The molecule has 0 radical (unpaired) electrons. The standard InChI is InChI=1S/C17H23N3/c1-14-13-20(16-9-3-2-4-10-16)17(19-14)18-12-11-15-7-5-6-8-15/h2-4,9-10,13,15H,5-8,11-12H2,1H3,(H,18,19). The lowest BCUT2D eigenvalue weighted by atomic mass is 10.0. The summed E-state index contributed by atoms with van der Waals surface area (Å²) in [5.41, 5.74) is 2.22. The Bertz CT molecular complexity index is 539. The highest BCUT2D eigenvalue weighted by atomic mass is 15.2. The lowest BCUT2D eigenvalue weighted by molar-refractivity contribution is 0.518. The van der Waals surface area contributed by atoms with E-state index in [1.807, 2.05) is 13.0 Å². The molecule has 0 atom stereocenters. The van der Waals surface area contributed by atoms with Crippen molar-refractivity contribution in [3.05, 3.63) is 42.2 Å². The van der Waals surface area contributed by atoms with Crippen molar-refractivity contribution < 1.29 is 0 Å². The highest BCUT2D eigenvalue weighted by Crippen LogP contribution is 2.27. The molecule has 0 spiro atoms. The lowest BCUT2D eigenvalue weighted by Gasteiger charge is -2.12. The molecule has 1 heterocycles. The van der Waals surface area contributed by atoms with Crippen LogP contribution in [0.4, 0.5) is 5.95 Å². The van der Waals surface area contributed by atoms with Crippen LogP contribution in [0.2, 0.25) is 0 Å². The summed E-state index contributed by atoms with van der Waals surface area (Å²) in [4.78, 5) is 4.60. The van der Waals surface area contributed by atoms with Crippen LogP contribution in [-0.4, -0.2) is 16.1 Å². The maximum Gasteiger partial charge on any atom is 0.207 e. The first kappa shape index (κ1) is 13.2. The number of para-hydroxylation sites is 1. The van der Waals surface area contributed by atoms with Crippen molar-refractivity contribution in [1.29, 1.82) is 0 Å². The van der Waals surface area contributed by atoms with E-state index in [1.54, 1.807) is 0 Å². The van der Waals surface area contributed by atoms with Gasteiger partial charge in [0.1, 0.15) is 0 Å². The third-order valence-corrected chi connectivity index (χ3v) is 4.17. The third kappa shape index (κ3) is 3.03. The predicted molar refractivity (Wildman–Crippen MR) is 83.4 cm³/mol. The number of benzene rings is 1. The molecule has 3 rings (SSSR count). The van der Waals surface area contributed by atoms with Gasteiger partial charge in [-0.25, -0.2) is 4.98 Å². The molecule has 1 fully saturated rings. The van der Waals surface area contributed by atoms with Gasteiger partial charge in [0.25, 0.3) is 0 Å². The van der Waals surface area contributed by atoms with Gasteiger partial charge in [0, 0.05) is 18.4 Å². The fraction of sp³-hybridized carbons (Fsp3) is 0.471. The second-order valence-electron chi connectivity index (χ2n) is 5.78. The van der Waals surface area contributed by atoms with Crippen LogP contribution in [0.1, 0.15) is 37.8 Å². The maximum atomic E-state index is 4.60. The number of rotatable bonds is 5. The van der Waals surface area contributed by atoms with Gasteiger partial charge in [0.15, 0.2) is 0 Å². The van der Waals surface area contributed by atoms with Crippen LogP contribution in [0, 0.1) is 12.8 Å². The normalized spacial score (nSPS) is 15.7. The molecule has 1 aromatic carbocycles. The second-order valence-corrected chi connectivity index (χ2v) is 5.78. The van der Waals surface area contributed by atoms with Crippen LogP contribution in [-0.2, 0) is 0 Å². The molecule has 20 heavy (non-hydrogen) atoms. The third-order valence-electron chi connectivity index (χ3n) is 4.17.